The van der Waals surface area contributed by atoms with Crippen LogP contribution in [-0.4, -0.2) is 9.13 Å². The number of aromatic nitrogens is 2. The zero-order valence-corrected chi connectivity index (χ0v) is 12.8. The molecule has 5 nitrogen and oxygen atoms in total. The molecule has 108 valence electrons. The molecule has 0 bridgehead atoms. The van der Waals surface area contributed by atoms with E-state index in [0.717, 1.165) is 17.5 Å². The van der Waals surface area contributed by atoms with Gasteiger partial charge in [0.05, 0.1) is 0 Å². The van der Waals surface area contributed by atoms with E-state index < -0.39 is 0 Å². The Morgan fingerprint density at radius 1 is 1.15 bits per heavy atom. The highest BCUT2D eigenvalue weighted by atomic mass is 32.1. The number of hydrogen-bond acceptors (Lipinski definition) is 4. The van der Waals surface area contributed by atoms with Gasteiger partial charge in [0.2, 0.25) is 0 Å². The minimum Gasteiger partial charge on any atom is -0.308 e. The molecule has 0 fully saturated rings. The normalized spacial score (nSPS) is 10.9. The van der Waals surface area contributed by atoms with Gasteiger partial charge in [0, 0.05) is 48.7 Å². The molecule has 0 unspecified atom stereocenters. The summed E-state index contributed by atoms with van der Waals surface area (Å²) >= 11 is 1.78. The van der Waals surface area contributed by atoms with Crippen molar-refractivity contribution in [1.29, 1.82) is 0 Å². The second-order valence-corrected chi connectivity index (χ2v) is 5.99. The number of rotatable bonds is 5. The molecule has 2 heterocycles. The minimum absolute atomic E-state index is 0.235. The molecule has 0 saturated heterocycles. The van der Waals surface area contributed by atoms with Crippen molar-refractivity contribution < 1.29 is 0 Å². The highest BCUT2D eigenvalue weighted by Crippen LogP contribution is 2.16. The molecule has 0 aromatic carbocycles. The average molecular weight is 293 g/mol. The van der Waals surface area contributed by atoms with E-state index in [4.69, 9.17) is 0 Å². The zero-order valence-electron chi connectivity index (χ0n) is 12.0. The lowest BCUT2D eigenvalue weighted by molar-refractivity contribution is 0.633. The third kappa shape index (κ3) is 3.08. The van der Waals surface area contributed by atoms with E-state index in [1.807, 2.05) is 0 Å². The fourth-order valence-electron chi connectivity index (χ4n) is 2.03. The van der Waals surface area contributed by atoms with E-state index >= 15 is 0 Å². The molecule has 0 aliphatic heterocycles. The number of nitrogens with zero attached hydrogens (tertiary/aromatic N) is 2. The molecule has 0 saturated carbocycles. The van der Waals surface area contributed by atoms with E-state index in [2.05, 4.69) is 24.4 Å². The van der Waals surface area contributed by atoms with Crippen LogP contribution in [0.25, 0.3) is 0 Å². The highest BCUT2D eigenvalue weighted by molar-refractivity contribution is 7.11. The van der Waals surface area contributed by atoms with Crippen LogP contribution >= 0.6 is 11.3 Å². The van der Waals surface area contributed by atoms with Gasteiger partial charge >= 0.3 is 5.69 Å². The summed E-state index contributed by atoms with van der Waals surface area (Å²) in [6.45, 7) is 3.33. The molecular formula is C14H19N3O2S. The third-order valence-corrected chi connectivity index (χ3v) is 4.43. The Morgan fingerprint density at radius 2 is 1.85 bits per heavy atom. The number of aryl methyl sites for hydroxylation is 2. The Balaban J connectivity index is 2.04. The fraction of sp³-hybridized carbons (Fsp3) is 0.429. The van der Waals surface area contributed by atoms with Gasteiger partial charge in [-0.15, -0.1) is 11.3 Å². The predicted octanol–water partition coefficient (Wildman–Crippen LogP) is 0.998. The Labute approximate surface area is 121 Å². The average Bonchev–Trinajstić information content (AvgIpc) is 2.90. The molecular weight excluding hydrogens is 274 g/mol. The van der Waals surface area contributed by atoms with Crippen LogP contribution in [0.3, 0.4) is 0 Å². The van der Waals surface area contributed by atoms with Gasteiger partial charge in [0.25, 0.3) is 5.56 Å². The topological polar surface area (TPSA) is 56.0 Å². The quantitative estimate of drug-likeness (QED) is 0.895. The standard InChI is InChI=1S/C14H19N3O2S/c1-4-11-5-6-12(20-11)8-15-7-10-9-16(2)14(19)17(3)13(10)18/h5-6,9,15H,4,7-8H2,1-3H3. The van der Waals surface area contributed by atoms with E-state index in [9.17, 15) is 9.59 Å². The highest BCUT2D eigenvalue weighted by Gasteiger charge is 2.06. The predicted molar refractivity (Wildman–Crippen MR) is 81.2 cm³/mol. The van der Waals surface area contributed by atoms with Crippen LogP contribution in [0, 0.1) is 0 Å². The second-order valence-electron chi connectivity index (χ2n) is 4.74. The molecule has 20 heavy (non-hydrogen) atoms. The molecule has 0 radical (unpaired) electrons. The van der Waals surface area contributed by atoms with Gasteiger partial charge < -0.3 is 9.88 Å². The minimum atomic E-state index is -0.301. The van der Waals surface area contributed by atoms with Crippen molar-refractivity contribution in [2.45, 2.75) is 26.4 Å². The largest absolute Gasteiger partial charge is 0.330 e. The maximum Gasteiger partial charge on any atom is 0.330 e. The summed E-state index contributed by atoms with van der Waals surface area (Å²) in [6.07, 6.45) is 2.65. The van der Waals surface area contributed by atoms with Crippen molar-refractivity contribution in [2.75, 3.05) is 0 Å². The van der Waals surface area contributed by atoms with Gasteiger partial charge in [-0.05, 0) is 18.6 Å². The van der Waals surface area contributed by atoms with Crippen LogP contribution in [0.15, 0.2) is 27.9 Å². The molecule has 0 aliphatic rings. The van der Waals surface area contributed by atoms with E-state index in [0.29, 0.717) is 12.1 Å². The Hall–Kier alpha value is -1.66. The van der Waals surface area contributed by atoms with Crippen LogP contribution in [0.2, 0.25) is 0 Å². The summed E-state index contributed by atoms with van der Waals surface area (Å²) in [4.78, 5) is 26.1. The molecule has 0 spiro atoms. The summed E-state index contributed by atoms with van der Waals surface area (Å²) in [7, 11) is 3.15. The fourth-order valence-corrected chi connectivity index (χ4v) is 2.96. The van der Waals surface area contributed by atoms with Crippen molar-refractivity contribution in [3.63, 3.8) is 0 Å². The van der Waals surface area contributed by atoms with Crippen molar-refractivity contribution in [1.82, 2.24) is 14.5 Å². The maximum absolute atomic E-state index is 11.9. The zero-order chi connectivity index (χ0) is 14.7. The Kier molecular flexibility index (Phi) is 4.57. The van der Waals surface area contributed by atoms with Crippen LogP contribution in [0.1, 0.15) is 22.2 Å². The van der Waals surface area contributed by atoms with Crippen molar-refractivity contribution in [3.8, 4) is 0 Å². The van der Waals surface area contributed by atoms with Gasteiger partial charge in [-0.25, -0.2) is 4.79 Å². The van der Waals surface area contributed by atoms with Gasteiger partial charge in [-0.1, -0.05) is 6.92 Å². The van der Waals surface area contributed by atoms with Gasteiger partial charge in [-0.2, -0.15) is 0 Å². The summed E-state index contributed by atoms with van der Waals surface area (Å²) in [5.41, 5.74) is 0.0625. The smallest absolute Gasteiger partial charge is 0.308 e. The van der Waals surface area contributed by atoms with Gasteiger partial charge in [-0.3, -0.25) is 9.36 Å². The number of nitrogens with one attached hydrogen (secondary N) is 1. The summed E-state index contributed by atoms with van der Waals surface area (Å²) in [5.74, 6) is 0. The first-order chi connectivity index (χ1) is 9.52. The number of hydrogen-bond donors (Lipinski definition) is 1. The van der Waals surface area contributed by atoms with Crippen molar-refractivity contribution >= 4 is 11.3 Å². The summed E-state index contributed by atoms with van der Waals surface area (Å²) < 4.78 is 2.57. The van der Waals surface area contributed by atoms with E-state index in [-0.39, 0.29) is 11.2 Å². The molecule has 0 amide bonds. The lowest BCUT2D eigenvalue weighted by Gasteiger charge is -2.07. The molecule has 2 aromatic heterocycles. The van der Waals surface area contributed by atoms with Gasteiger partial charge in [0.15, 0.2) is 0 Å². The monoisotopic (exact) mass is 293 g/mol. The van der Waals surface area contributed by atoms with Crippen LogP contribution in [-0.2, 0) is 33.6 Å². The maximum atomic E-state index is 11.9. The van der Waals surface area contributed by atoms with E-state index in [1.54, 1.807) is 24.6 Å². The van der Waals surface area contributed by atoms with Gasteiger partial charge in [0.1, 0.15) is 0 Å². The first-order valence-corrected chi connectivity index (χ1v) is 7.38. The molecule has 0 atom stereocenters. The van der Waals surface area contributed by atoms with Crippen molar-refractivity contribution in [3.05, 3.63) is 54.5 Å². The van der Waals surface area contributed by atoms with E-state index in [1.165, 1.54) is 21.4 Å². The first kappa shape index (κ1) is 14.7. The Morgan fingerprint density at radius 3 is 2.50 bits per heavy atom. The lowest BCUT2D eigenvalue weighted by Crippen LogP contribution is -2.39. The van der Waals surface area contributed by atoms with Crippen LogP contribution < -0.4 is 16.6 Å². The first-order valence-electron chi connectivity index (χ1n) is 6.56. The summed E-state index contributed by atoms with van der Waals surface area (Å²) in [6, 6.07) is 4.24. The van der Waals surface area contributed by atoms with Crippen molar-refractivity contribution in [2.24, 2.45) is 14.1 Å². The SMILES string of the molecule is CCc1ccc(CNCc2cn(C)c(=O)n(C)c2=O)s1. The Bertz CT molecular complexity index is 712. The van der Waals surface area contributed by atoms with Crippen LogP contribution in [0.4, 0.5) is 0 Å². The molecule has 2 rings (SSSR count). The van der Waals surface area contributed by atoms with Crippen LogP contribution in [0.5, 0.6) is 0 Å². The molecule has 2 aromatic rings. The molecule has 1 N–H and O–H groups in total. The third-order valence-electron chi connectivity index (χ3n) is 3.20. The number of thiophene rings is 1. The molecule has 6 heteroatoms. The lowest BCUT2D eigenvalue weighted by atomic mass is 10.3. The second kappa shape index (κ2) is 6.19. The molecule has 0 aliphatic carbocycles. The summed E-state index contributed by atoms with van der Waals surface area (Å²) in [5, 5.41) is 3.25.